The average Bonchev–Trinajstić information content (AvgIpc) is 2.53. The third-order valence-electron chi connectivity index (χ3n) is 3.78. The molecule has 0 saturated carbocycles. The minimum Gasteiger partial charge on any atom is -0.393 e. The van der Waals surface area contributed by atoms with Gasteiger partial charge in [-0.25, -0.2) is 0 Å². The minimum atomic E-state index is -0.757. The number of aliphatic hydroxyl groups is 2. The van der Waals surface area contributed by atoms with Crippen LogP contribution >= 0.6 is 11.8 Å². The Kier molecular flexibility index (Phi) is 6.89. The lowest BCUT2D eigenvalue weighted by molar-refractivity contribution is -0.389. The van der Waals surface area contributed by atoms with Crippen LogP contribution in [0.25, 0.3) is 0 Å². The summed E-state index contributed by atoms with van der Waals surface area (Å²) in [7, 11) is 0. The van der Waals surface area contributed by atoms with Gasteiger partial charge in [-0.15, -0.1) is 0 Å². The molecule has 0 saturated heterocycles. The summed E-state index contributed by atoms with van der Waals surface area (Å²) in [5, 5.41) is 42.4. The van der Waals surface area contributed by atoms with E-state index in [2.05, 4.69) is 0 Å². The zero-order chi connectivity index (χ0) is 20.1. The van der Waals surface area contributed by atoms with E-state index in [4.69, 9.17) is 0 Å². The maximum absolute atomic E-state index is 11.6. The van der Waals surface area contributed by atoms with Crippen LogP contribution in [0.3, 0.4) is 0 Å². The van der Waals surface area contributed by atoms with Gasteiger partial charge in [0.1, 0.15) is 0 Å². The Morgan fingerprint density at radius 1 is 0.852 bits per heavy atom. The molecule has 0 aliphatic carbocycles. The van der Waals surface area contributed by atoms with Crippen molar-refractivity contribution >= 4 is 23.1 Å². The number of benzene rings is 2. The normalized spacial score (nSPS) is 13.2. The summed E-state index contributed by atoms with van der Waals surface area (Å²) in [5.41, 5.74) is 0.392. The first-order valence-corrected chi connectivity index (χ1v) is 9.08. The van der Waals surface area contributed by atoms with Gasteiger partial charge in [0.25, 0.3) is 11.4 Å². The van der Waals surface area contributed by atoms with Crippen molar-refractivity contribution in [1.29, 1.82) is 0 Å². The Hall–Kier alpha value is -2.49. The zero-order valence-corrected chi connectivity index (χ0v) is 15.7. The first-order valence-electron chi connectivity index (χ1n) is 8.27. The van der Waals surface area contributed by atoms with Gasteiger partial charge in [0, 0.05) is 24.0 Å². The van der Waals surface area contributed by atoms with Crippen LogP contribution in [-0.4, -0.2) is 32.3 Å². The Morgan fingerprint density at radius 3 is 1.52 bits per heavy atom. The Bertz CT molecular complexity index is 784. The largest absolute Gasteiger partial charge is 0.393 e. The lowest BCUT2D eigenvalue weighted by atomic mass is 10.1. The summed E-state index contributed by atoms with van der Waals surface area (Å²) in [6, 6.07) is 9.43. The van der Waals surface area contributed by atoms with E-state index < -0.39 is 22.1 Å². The highest BCUT2D eigenvalue weighted by atomic mass is 32.2. The topological polar surface area (TPSA) is 127 Å². The van der Waals surface area contributed by atoms with Gasteiger partial charge in [-0.1, -0.05) is 36.0 Å². The van der Waals surface area contributed by atoms with Gasteiger partial charge >= 0.3 is 0 Å². The van der Waals surface area contributed by atoms with E-state index in [9.17, 15) is 30.4 Å². The molecule has 0 aromatic heterocycles. The van der Waals surface area contributed by atoms with Crippen LogP contribution in [0, 0.1) is 20.2 Å². The SMILES string of the molecule is CC(O)Cc1cccc(Sc2cccc(CC(C)O)c2[N+](=O)[O-])c1[N+](=O)[O-]. The van der Waals surface area contributed by atoms with Gasteiger partial charge < -0.3 is 10.2 Å². The number of nitro groups is 2. The number of hydrogen-bond donors (Lipinski definition) is 2. The van der Waals surface area contributed by atoms with E-state index >= 15 is 0 Å². The van der Waals surface area contributed by atoms with E-state index in [1.54, 1.807) is 24.3 Å². The van der Waals surface area contributed by atoms with E-state index in [1.165, 1.54) is 26.0 Å². The first kappa shape index (κ1) is 20.8. The lowest BCUT2D eigenvalue weighted by Gasteiger charge is -2.11. The van der Waals surface area contributed by atoms with E-state index in [0.29, 0.717) is 11.1 Å². The molecule has 27 heavy (non-hydrogen) atoms. The fourth-order valence-corrected chi connectivity index (χ4v) is 3.93. The van der Waals surface area contributed by atoms with Crippen molar-refractivity contribution in [3.05, 3.63) is 67.8 Å². The summed E-state index contributed by atoms with van der Waals surface area (Å²) in [6.07, 6.45) is -1.30. The molecular formula is C18H20N2O6S. The molecular weight excluding hydrogens is 372 g/mol. The van der Waals surface area contributed by atoms with Crippen molar-refractivity contribution in [2.45, 2.75) is 48.7 Å². The van der Waals surface area contributed by atoms with Crippen molar-refractivity contribution in [2.24, 2.45) is 0 Å². The highest BCUT2D eigenvalue weighted by Crippen LogP contribution is 2.42. The van der Waals surface area contributed by atoms with Crippen LogP contribution in [0.15, 0.2) is 46.2 Å². The fourth-order valence-electron chi connectivity index (χ4n) is 2.80. The van der Waals surface area contributed by atoms with Crippen LogP contribution in [-0.2, 0) is 12.8 Å². The molecule has 2 rings (SSSR count). The molecule has 0 aliphatic rings. The number of nitrogens with zero attached hydrogens (tertiary/aromatic N) is 2. The third kappa shape index (κ3) is 5.25. The highest BCUT2D eigenvalue weighted by Gasteiger charge is 2.26. The summed E-state index contributed by atoms with van der Waals surface area (Å²) in [6.45, 7) is 3.07. The van der Waals surface area contributed by atoms with Gasteiger partial charge in [-0.05, 0) is 26.0 Å². The van der Waals surface area contributed by atoms with E-state index in [1.807, 2.05) is 0 Å². The molecule has 2 atom stereocenters. The molecule has 2 unspecified atom stereocenters. The second-order valence-corrected chi connectivity index (χ2v) is 7.33. The van der Waals surface area contributed by atoms with E-state index in [0.717, 1.165) is 11.8 Å². The molecule has 0 fully saturated rings. The number of para-hydroxylation sites is 2. The maximum atomic E-state index is 11.6. The Labute approximate surface area is 160 Å². The quantitative estimate of drug-likeness (QED) is 0.520. The number of hydrogen-bond acceptors (Lipinski definition) is 7. The Balaban J connectivity index is 2.54. The van der Waals surface area contributed by atoms with Crippen molar-refractivity contribution < 1.29 is 20.1 Å². The van der Waals surface area contributed by atoms with Gasteiger partial charge in [0.15, 0.2) is 0 Å². The molecule has 144 valence electrons. The molecule has 0 amide bonds. The summed E-state index contributed by atoms with van der Waals surface area (Å²) < 4.78 is 0. The number of nitro benzene ring substituents is 2. The van der Waals surface area contributed by atoms with Crippen molar-refractivity contribution in [1.82, 2.24) is 0 Å². The lowest BCUT2D eigenvalue weighted by Crippen LogP contribution is -2.08. The predicted molar refractivity (Wildman–Crippen MR) is 101 cm³/mol. The second-order valence-electron chi connectivity index (χ2n) is 6.25. The van der Waals surface area contributed by atoms with Crippen molar-refractivity contribution in [2.75, 3.05) is 0 Å². The summed E-state index contributed by atoms with van der Waals surface area (Å²) in [4.78, 5) is 22.6. The Morgan fingerprint density at radius 2 is 1.22 bits per heavy atom. The molecule has 9 heteroatoms. The minimum absolute atomic E-state index is 0.106. The third-order valence-corrected chi connectivity index (χ3v) is 4.88. The highest BCUT2D eigenvalue weighted by molar-refractivity contribution is 7.99. The van der Waals surface area contributed by atoms with Gasteiger partial charge in [-0.2, -0.15) is 0 Å². The molecule has 8 nitrogen and oxygen atoms in total. The van der Waals surface area contributed by atoms with Crippen LogP contribution in [0.4, 0.5) is 11.4 Å². The fraction of sp³-hybridized carbons (Fsp3) is 0.333. The monoisotopic (exact) mass is 392 g/mol. The summed E-state index contributed by atoms with van der Waals surface area (Å²) >= 11 is 0.933. The molecule has 0 spiro atoms. The smallest absolute Gasteiger partial charge is 0.286 e. The number of rotatable bonds is 8. The van der Waals surface area contributed by atoms with Crippen LogP contribution in [0.5, 0.6) is 0 Å². The van der Waals surface area contributed by atoms with Gasteiger partial charge in [-0.3, -0.25) is 20.2 Å². The van der Waals surface area contributed by atoms with Crippen molar-refractivity contribution in [3.63, 3.8) is 0 Å². The van der Waals surface area contributed by atoms with E-state index in [-0.39, 0.29) is 34.0 Å². The predicted octanol–water partition coefficient (Wildman–Crippen LogP) is 3.50. The van der Waals surface area contributed by atoms with Gasteiger partial charge in [0.05, 0.1) is 31.8 Å². The molecule has 0 radical (unpaired) electrons. The number of aliphatic hydroxyl groups excluding tert-OH is 2. The van der Waals surface area contributed by atoms with Gasteiger partial charge in [0.2, 0.25) is 0 Å². The summed E-state index contributed by atoms with van der Waals surface area (Å²) in [5.74, 6) is 0. The van der Waals surface area contributed by atoms with Crippen LogP contribution < -0.4 is 0 Å². The molecule has 0 bridgehead atoms. The molecule has 0 heterocycles. The first-order chi connectivity index (χ1) is 12.7. The standard InChI is InChI=1S/C18H20N2O6S/c1-11(21)9-13-5-3-7-15(17(13)19(23)24)27-16-8-4-6-14(10-12(2)22)18(16)20(25)26/h3-8,11-12,21-22H,9-10H2,1-2H3. The van der Waals surface area contributed by atoms with Crippen LogP contribution in [0.1, 0.15) is 25.0 Å². The maximum Gasteiger partial charge on any atom is 0.286 e. The molecule has 2 aromatic carbocycles. The second kappa shape index (κ2) is 8.94. The molecule has 2 aromatic rings. The van der Waals surface area contributed by atoms with Crippen LogP contribution in [0.2, 0.25) is 0 Å². The molecule has 0 aliphatic heterocycles. The average molecular weight is 392 g/mol. The molecule has 2 N–H and O–H groups in total. The zero-order valence-electron chi connectivity index (χ0n) is 14.9. The van der Waals surface area contributed by atoms with Crippen molar-refractivity contribution in [3.8, 4) is 0 Å².